The van der Waals surface area contributed by atoms with E-state index in [2.05, 4.69) is 4.74 Å². The van der Waals surface area contributed by atoms with Crippen molar-refractivity contribution in [3.63, 3.8) is 0 Å². The highest BCUT2D eigenvalue weighted by Crippen LogP contribution is 2.11. The zero-order valence-electron chi connectivity index (χ0n) is 12.7. The summed E-state index contributed by atoms with van der Waals surface area (Å²) in [5.41, 5.74) is 0.622. The fraction of sp³-hybridized carbons (Fsp3) is 0.286. The molecule has 1 aromatic carbocycles. The standard InChI is InChI=1S/C14H15F3N2O5S/c15-14(16,17)10-18-12(20)9-24-13(21)8-19-25(22,23)7-6-11-4-2-1-3-5-11/h1-7,19H,8-10H2,(H,18,20)/b7-6+. The lowest BCUT2D eigenvalue weighted by Crippen LogP contribution is -2.37. The number of carbonyl (C=O) groups is 2. The Morgan fingerprint density at radius 2 is 1.80 bits per heavy atom. The van der Waals surface area contributed by atoms with Crippen LogP contribution in [0.25, 0.3) is 6.08 Å². The van der Waals surface area contributed by atoms with Gasteiger partial charge in [0.05, 0.1) is 0 Å². The van der Waals surface area contributed by atoms with Crippen LogP contribution in [0.2, 0.25) is 0 Å². The van der Waals surface area contributed by atoms with Gasteiger partial charge in [0, 0.05) is 5.41 Å². The quantitative estimate of drug-likeness (QED) is 0.650. The summed E-state index contributed by atoms with van der Waals surface area (Å²) in [4.78, 5) is 22.3. The zero-order chi connectivity index (χ0) is 18.9. The lowest BCUT2D eigenvalue weighted by atomic mass is 10.2. The molecule has 0 atom stereocenters. The number of carbonyl (C=O) groups excluding carboxylic acids is 2. The maximum absolute atomic E-state index is 11.9. The molecule has 25 heavy (non-hydrogen) atoms. The third-order valence-corrected chi connectivity index (χ3v) is 3.55. The molecule has 1 rings (SSSR count). The van der Waals surface area contributed by atoms with Crippen LogP contribution in [0.3, 0.4) is 0 Å². The van der Waals surface area contributed by atoms with Gasteiger partial charge in [-0.15, -0.1) is 0 Å². The van der Waals surface area contributed by atoms with E-state index >= 15 is 0 Å². The molecule has 1 aromatic rings. The summed E-state index contributed by atoms with van der Waals surface area (Å²) >= 11 is 0. The number of amides is 1. The molecule has 0 spiro atoms. The predicted molar refractivity (Wildman–Crippen MR) is 82.4 cm³/mol. The number of benzene rings is 1. The van der Waals surface area contributed by atoms with Crippen LogP contribution < -0.4 is 10.0 Å². The first-order valence-corrected chi connectivity index (χ1v) is 8.34. The van der Waals surface area contributed by atoms with Crippen molar-refractivity contribution in [2.75, 3.05) is 19.7 Å². The Morgan fingerprint density at radius 3 is 2.40 bits per heavy atom. The second kappa shape index (κ2) is 9.18. The van der Waals surface area contributed by atoms with E-state index in [4.69, 9.17) is 0 Å². The summed E-state index contributed by atoms with van der Waals surface area (Å²) in [6.45, 7) is -3.27. The molecule has 2 N–H and O–H groups in total. The van der Waals surface area contributed by atoms with Crippen LogP contribution in [-0.4, -0.2) is 46.2 Å². The van der Waals surface area contributed by atoms with E-state index in [-0.39, 0.29) is 0 Å². The molecule has 0 aliphatic carbocycles. The molecule has 0 radical (unpaired) electrons. The fourth-order valence-electron chi connectivity index (χ4n) is 1.39. The van der Waals surface area contributed by atoms with Crippen molar-refractivity contribution in [1.82, 2.24) is 10.0 Å². The Bertz CT molecular complexity index is 718. The highest BCUT2D eigenvalue weighted by Gasteiger charge is 2.27. The van der Waals surface area contributed by atoms with Gasteiger partial charge in [-0.25, -0.2) is 13.1 Å². The van der Waals surface area contributed by atoms with Gasteiger partial charge in [0.1, 0.15) is 13.1 Å². The van der Waals surface area contributed by atoms with E-state index in [0.717, 1.165) is 5.41 Å². The van der Waals surface area contributed by atoms with Crippen molar-refractivity contribution < 1.29 is 35.9 Å². The Hall–Kier alpha value is -2.40. The topological polar surface area (TPSA) is 102 Å². The average molecular weight is 380 g/mol. The molecule has 7 nitrogen and oxygen atoms in total. The minimum Gasteiger partial charge on any atom is -0.455 e. The van der Waals surface area contributed by atoms with E-state index in [0.29, 0.717) is 5.56 Å². The van der Waals surface area contributed by atoms with E-state index in [1.807, 2.05) is 4.72 Å². The van der Waals surface area contributed by atoms with Crippen LogP contribution in [0, 0.1) is 0 Å². The molecule has 0 heterocycles. The Balaban J connectivity index is 2.35. The predicted octanol–water partition coefficient (Wildman–Crippen LogP) is 0.798. The molecular formula is C14H15F3N2O5S. The molecule has 0 unspecified atom stereocenters. The number of halogens is 3. The third-order valence-electron chi connectivity index (χ3n) is 2.51. The van der Waals surface area contributed by atoms with Gasteiger partial charge in [0.15, 0.2) is 6.61 Å². The summed E-state index contributed by atoms with van der Waals surface area (Å²) < 4.78 is 65.1. The highest BCUT2D eigenvalue weighted by molar-refractivity contribution is 7.92. The van der Waals surface area contributed by atoms with Gasteiger partial charge in [-0.2, -0.15) is 13.2 Å². The van der Waals surface area contributed by atoms with E-state index < -0.39 is 47.8 Å². The second-order valence-electron chi connectivity index (χ2n) is 4.63. The van der Waals surface area contributed by atoms with E-state index in [9.17, 15) is 31.2 Å². The molecular weight excluding hydrogens is 365 g/mol. The first-order valence-electron chi connectivity index (χ1n) is 6.79. The SMILES string of the molecule is O=C(COC(=O)CNS(=O)(=O)/C=C/c1ccccc1)NCC(F)(F)F. The minimum atomic E-state index is -4.58. The van der Waals surface area contributed by atoms with Crippen LogP contribution >= 0.6 is 0 Å². The normalized spacial score (nSPS) is 12.1. The lowest BCUT2D eigenvalue weighted by molar-refractivity contribution is -0.150. The maximum Gasteiger partial charge on any atom is 0.405 e. The first-order chi connectivity index (χ1) is 11.6. The van der Waals surface area contributed by atoms with Crippen molar-refractivity contribution in [3.8, 4) is 0 Å². The molecule has 0 saturated heterocycles. The number of esters is 1. The van der Waals surface area contributed by atoms with Crippen LogP contribution in [0.5, 0.6) is 0 Å². The summed E-state index contributed by atoms with van der Waals surface area (Å²) in [6, 6.07) is 8.51. The lowest BCUT2D eigenvalue weighted by Gasteiger charge is -2.08. The molecule has 0 saturated carbocycles. The Morgan fingerprint density at radius 1 is 1.16 bits per heavy atom. The Labute approximate surface area is 141 Å². The van der Waals surface area contributed by atoms with Gasteiger partial charge in [0.25, 0.3) is 5.91 Å². The summed E-state index contributed by atoms with van der Waals surface area (Å²) in [5, 5.41) is 2.34. The molecule has 138 valence electrons. The molecule has 0 fully saturated rings. The third kappa shape index (κ3) is 10.1. The van der Waals surface area contributed by atoms with Gasteiger partial charge in [-0.05, 0) is 11.6 Å². The molecule has 0 aromatic heterocycles. The Kier molecular flexibility index (Phi) is 7.58. The van der Waals surface area contributed by atoms with E-state index in [1.165, 1.54) is 11.4 Å². The zero-order valence-corrected chi connectivity index (χ0v) is 13.6. The van der Waals surface area contributed by atoms with Crippen molar-refractivity contribution in [2.24, 2.45) is 0 Å². The highest BCUT2D eigenvalue weighted by atomic mass is 32.2. The van der Waals surface area contributed by atoms with Crippen molar-refractivity contribution in [2.45, 2.75) is 6.18 Å². The van der Waals surface area contributed by atoms with Gasteiger partial charge < -0.3 is 10.1 Å². The summed E-state index contributed by atoms with van der Waals surface area (Å²) in [5.74, 6) is -2.27. The number of sulfonamides is 1. The van der Waals surface area contributed by atoms with Crippen LogP contribution in [0.4, 0.5) is 13.2 Å². The number of hydrogen-bond acceptors (Lipinski definition) is 5. The minimum absolute atomic E-state index is 0.622. The van der Waals surface area contributed by atoms with E-state index in [1.54, 1.807) is 30.3 Å². The number of hydrogen-bond donors (Lipinski definition) is 2. The van der Waals surface area contributed by atoms with Crippen molar-refractivity contribution in [1.29, 1.82) is 0 Å². The fourth-order valence-corrected chi connectivity index (χ4v) is 2.14. The van der Waals surface area contributed by atoms with Gasteiger partial charge >= 0.3 is 12.1 Å². The van der Waals surface area contributed by atoms with Gasteiger partial charge in [0.2, 0.25) is 10.0 Å². The molecule has 0 bridgehead atoms. The smallest absolute Gasteiger partial charge is 0.405 e. The molecule has 11 heteroatoms. The van der Waals surface area contributed by atoms with Gasteiger partial charge in [-0.3, -0.25) is 9.59 Å². The van der Waals surface area contributed by atoms with Crippen LogP contribution in [0.1, 0.15) is 5.56 Å². The largest absolute Gasteiger partial charge is 0.455 e. The number of nitrogens with one attached hydrogen (secondary N) is 2. The van der Waals surface area contributed by atoms with Gasteiger partial charge in [-0.1, -0.05) is 30.3 Å². The molecule has 1 amide bonds. The number of ether oxygens (including phenoxy) is 1. The summed E-state index contributed by atoms with van der Waals surface area (Å²) in [7, 11) is -3.92. The van der Waals surface area contributed by atoms with Crippen molar-refractivity contribution >= 4 is 28.0 Å². The average Bonchev–Trinajstić information content (AvgIpc) is 2.55. The van der Waals surface area contributed by atoms with Crippen LogP contribution in [0.15, 0.2) is 35.7 Å². The maximum atomic E-state index is 11.9. The van der Waals surface area contributed by atoms with Crippen molar-refractivity contribution in [3.05, 3.63) is 41.3 Å². The monoisotopic (exact) mass is 380 g/mol. The number of alkyl halides is 3. The first kappa shape index (κ1) is 20.6. The molecule has 0 aliphatic heterocycles. The number of rotatable bonds is 8. The second-order valence-corrected chi connectivity index (χ2v) is 6.28. The summed E-state index contributed by atoms with van der Waals surface area (Å²) in [6.07, 6.45) is -3.28. The van der Waals surface area contributed by atoms with Crippen LogP contribution in [-0.2, 0) is 24.3 Å². The molecule has 0 aliphatic rings.